The molecule has 0 unspecified atom stereocenters. The molecule has 0 N–H and O–H groups in total. The maximum atomic E-state index is 8.77. The summed E-state index contributed by atoms with van der Waals surface area (Å²) in [5, 5.41) is 17.5. The molecule has 5 heteroatoms. The number of aromatic nitrogens is 1. The third-order valence-electron chi connectivity index (χ3n) is 1.58. The van der Waals surface area contributed by atoms with Crippen LogP contribution in [0.2, 0.25) is 0 Å². The van der Waals surface area contributed by atoms with Gasteiger partial charge in [-0.15, -0.1) is 0 Å². The van der Waals surface area contributed by atoms with Crippen molar-refractivity contribution in [2.45, 2.75) is 6.92 Å². The Morgan fingerprint density at radius 2 is 1.46 bits per heavy atom. The zero-order valence-corrected chi connectivity index (χ0v) is 9.77. The molecule has 0 spiro atoms. The van der Waals surface area contributed by atoms with Crippen LogP contribution in [0.25, 0.3) is 0 Å². The van der Waals surface area contributed by atoms with E-state index in [-0.39, 0.29) is 0 Å². The van der Waals surface area contributed by atoms with E-state index in [1.54, 1.807) is 6.92 Å². The summed E-state index contributed by atoms with van der Waals surface area (Å²) in [6.07, 6.45) is 0. The molecular weight excluding hydrogens is 298 g/mol. The number of nitrogens with zero attached hydrogens (tertiary/aromatic N) is 3. The van der Waals surface area contributed by atoms with Gasteiger partial charge in [0.25, 0.3) is 0 Å². The van der Waals surface area contributed by atoms with Crippen LogP contribution in [-0.2, 0) is 0 Å². The Hall–Kier alpha value is -0.910. The summed E-state index contributed by atoms with van der Waals surface area (Å²) < 4.78 is 0.914. The molecule has 0 aromatic carbocycles. The van der Waals surface area contributed by atoms with Gasteiger partial charge in [-0.2, -0.15) is 10.5 Å². The second-order valence-electron chi connectivity index (χ2n) is 2.29. The Morgan fingerprint density at radius 1 is 1.08 bits per heavy atom. The molecule has 1 aromatic heterocycles. The summed E-state index contributed by atoms with van der Waals surface area (Å²) in [6.45, 7) is 1.72. The predicted octanol–water partition coefficient (Wildman–Crippen LogP) is 2.66. The highest BCUT2D eigenvalue weighted by Crippen LogP contribution is 2.25. The Bertz CT molecular complexity index is 402. The number of halogens is 2. The lowest BCUT2D eigenvalue weighted by molar-refractivity contribution is 1.15. The van der Waals surface area contributed by atoms with E-state index in [0.29, 0.717) is 25.9 Å². The zero-order chi connectivity index (χ0) is 10.0. The minimum Gasteiger partial charge on any atom is -0.231 e. The first-order chi connectivity index (χ1) is 6.11. The molecule has 1 heterocycles. The number of nitriles is 2. The lowest BCUT2D eigenvalue weighted by Crippen LogP contribution is -1.95. The second-order valence-corrected chi connectivity index (χ2v) is 3.79. The molecule has 0 amide bonds. The van der Waals surface area contributed by atoms with E-state index in [1.807, 2.05) is 12.1 Å². The van der Waals surface area contributed by atoms with Crippen molar-refractivity contribution in [3.8, 4) is 12.1 Å². The highest BCUT2D eigenvalue weighted by atomic mass is 79.9. The van der Waals surface area contributed by atoms with Crippen LogP contribution in [-0.4, -0.2) is 4.98 Å². The predicted molar refractivity (Wildman–Crippen MR) is 53.8 cm³/mol. The fraction of sp³-hybridized carbons (Fsp3) is 0.125. The average molecular weight is 301 g/mol. The summed E-state index contributed by atoms with van der Waals surface area (Å²) in [4.78, 5) is 3.96. The topological polar surface area (TPSA) is 60.5 Å². The maximum absolute atomic E-state index is 8.77. The van der Waals surface area contributed by atoms with E-state index in [4.69, 9.17) is 10.5 Å². The Balaban J connectivity index is 3.63. The number of rotatable bonds is 0. The summed E-state index contributed by atoms with van der Waals surface area (Å²) in [5.74, 6) is 0. The third kappa shape index (κ3) is 1.72. The van der Waals surface area contributed by atoms with Crippen LogP contribution in [0.4, 0.5) is 0 Å². The van der Waals surface area contributed by atoms with Crippen LogP contribution in [0.1, 0.15) is 16.7 Å². The van der Waals surface area contributed by atoms with Crippen molar-refractivity contribution < 1.29 is 0 Å². The van der Waals surface area contributed by atoms with Crippen molar-refractivity contribution in [2.24, 2.45) is 0 Å². The monoisotopic (exact) mass is 299 g/mol. The van der Waals surface area contributed by atoms with E-state index in [1.165, 1.54) is 0 Å². The van der Waals surface area contributed by atoms with Gasteiger partial charge in [-0.25, -0.2) is 4.98 Å². The molecule has 13 heavy (non-hydrogen) atoms. The molecule has 0 aliphatic heterocycles. The van der Waals surface area contributed by atoms with Gasteiger partial charge < -0.3 is 0 Å². The first kappa shape index (κ1) is 10.2. The van der Waals surface area contributed by atoms with Crippen LogP contribution in [0, 0.1) is 29.6 Å². The number of pyridine rings is 1. The molecule has 0 bridgehead atoms. The lowest BCUT2D eigenvalue weighted by atomic mass is 10.1. The molecule has 0 saturated carbocycles. The van der Waals surface area contributed by atoms with Crippen LogP contribution >= 0.6 is 31.9 Å². The zero-order valence-electron chi connectivity index (χ0n) is 6.60. The number of hydrogen-bond donors (Lipinski definition) is 0. The smallest absolute Gasteiger partial charge is 0.125 e. The lowest BCUT2D eigenvalue weighted by Gasteiger charge is -2.03. The molecule has 0 atom stereocenters. The molecule has 64 valence electrons. The summed E-state index contributed by atoms with van der Waals surface area (Å²) >= 11 is 6.30. The Kier molecular flexibility index (Phi) is 3.02. The van der Waals surface area contributed by atoms with Crippen LogP contribution in [0.5, 0.6) is 0 Å². The van der Waals surface area contributed by atoms with E-state index >= 15 is 0 Å². The largest absolute Gasteiger partial charge is 0.231 e. The van der Waals surface area contributed by atoms with Gasteiger partial charge in [0.1, 0.15) is 21.3 Å². The molecule has 0 aliphatic carbocycles. The van der Waals surface area contributed by atoms with E-state index in [0.717, 1.165) is 0 Å². The van der Waals surface area contributed by atoms with Crippen molar-refractivity contribution in [3.05, 3.63) is 25.9 Å². The molecule has 1 aromatic rings. The summed E-state index contributed by atoms with van der Waals surface area (Å²) in [7, 11) is 0. The van der Waals surface area contributed by atoms with E-state index in [9.17, 15) is 0 Å². The standard InChI is InChI=1S/C8H3Br2N3/c1-4-5(2-11)7(9)13-8(10)6(4)3-12/h1H3. The molecule has 0 radical (unpaired) electrons. The van der Waals surface area contributed by atoms with Gasteiger partial charge >= 0.3 is 0 Å². The van der Waals surface area contributed by atoms with Crippen molar-refractivity contribution >= 4 is 31.9 Å². The molecule has 0 saturated heterocycles. The van der Waals surface area contributed by atoms with Crippen molar-refractivity contribution in [2.75, 3.05) is 0 Å². The summed E-state index contributed by atoms with van der Waals surface area (Å²) in [6, 6.07) is 3.97. The second kappa shape index (κ2) is 3.87. The summed E-state index contributed by atoms with van der Waals surface area (Å²) in [5.41, 5.74) is 1.44. The molecule has 0 fully saturated rings. The van der Waals surface area contributed by atoms with Crippen molar-refractivity contribution in [1.29, 1.82) is 10.5 Å². The first-order valence-electron chi connectivity index (χ1n) is 3.27. The highest BCUT2D eigenvalue weighted by molar-refractivity contribution is 9.11. The van der Waals surface area contributed by atoms with Gasteiger partial charge in [-0.05, 0) is 44.3 Å². The SMILES string of the molecule is Cc1c(C#N)c(Br)nc(Br)c1C#N. The first-order valence-corrected chi connectivity index (χ1v) is 4.86. The van der Waals surface area contributed by atoms with Crippen LogP contribution in [0.15, 0.2) is 9.21 Å². The molecular formula is C8H3Br2N3. The minimum atomic E-state index is 0.403. The van der Waals surface area contributed by atoms with Gasteiger partial charge in [0.15, 0.2) is 0 Å². The third-order valence-corrected chi connectivity index (χ3v) is 2.73. The minimum absolute atomic E-state index is 0.403. The molecule has 3 nitrogen and oxygen atoms in total. The molecule has 1 rings (SSSR count). The van der Waals surface area contributed by atoms with Crippen LogP contribution in [0.3, 0.4) is 0 Å². The highest BCUT2D eigenvalue weighted by Gasteiger charge is 2.13. The van der Waals surface area contributed by atoms with Gasteiger partial charge in [0.05, 0.1) is 11.1 Å². The van der Waals surface area contributed by atoms with E-state index in [2.05, 4.69) is 36.8 Å². The van der Waals surface area contributed by atoms with Gasteiger partial charge in [-0.1, -0.05) is 0 Å². The van der Waals surface area contributed by atoms with E-state index < -0.39 is 0 Å². The van der Waals surface area contributed by atoms with Gasteiger partial charge in [-0.3, -0.25) is 0 Å². The Morgan fingerprint density at radius 3 is 1.77 bits per heavy atom. The maximum Gasteiger partial charge on any atom is 0.125 e. The average Bonchev–Trinajstić information content (AvgIpc) is 2.04. The quantitative estimate of drug-likeness (QED) is 0.692. The molecule has 0 aliphatic rings. The number of hydrogen-bond acceptors (Lipinski definition) is 3. The van der Waals surface area contributed by atoms with Crippen LogP contribution < -0.4 is 0 Å². The van der Waals surface area contributed by atoms with Gasteiger partial charge in [0.2, 0.25) is 0 Å². The van der Waals surface area contributed by atoms with Crippen molar-refractivity contribution in [1.82, 2.24) is 4.98 Å². The Labute approximate surface area is 92.3 Å². The van der Waals surface area contributed by atoms with Gasteiger partial charge in [0, 0.05) is 0 Å². The van der Waals surface area contributed by atoms with Crippen molar-refractivity contribution in [3.63, 3.8) is 0 Å². The normalized spacial score (nSPS) is 9.00. The fourth-order valence-electron chi connectivity index (χ4n) is 0.892. The fourth-order valence-corrected chi connectivity index (χ4v) is 2.26.